The molecule has 2 saturated heterocycles. The average molecular weight is 381 g/mol. The van der Waals surface area contributed by atoms with Gasteiger partial charge >= 0.3 is 0 Å². The monoisotopic (exact) mass is 381 g/mol. The van der Waals surface area contributed by atoms with Crippen molar-refractivity contribution in [2.24, 2.45) is 5.92 Å². The summed E-state index contributed by atoms with van der Waals surface area (Å²) in [6.45, 7) is 2.77. The molecule has 0 spiro atoms. The maximum atomic E-state index is 12.6. The van der Waals surface area contributed by atoms with Crippen molar-refractivity contribution in [3.63, 3.8) is 0 Å². The van der Waals surface area contributed by atoms with Gasteiger partial charge in [0.25, 0.3) is 0 Å². The molecule has 0 aromatic carbocycles. The lowest BCUT2D eigenvalue weighted by Crippen LogP contribution is -2.51. The quantitative estimate of drug-likeness (QED) is 0.840. The van der Waals surface area contributed by atoms with E-state index in [1.165, 1.54) is 0 Å². The summed E-state index contributed by atoms with van der Waals surface area (Å²) in [4.78, 5) is 32.7. The third-order valence-electron chi connectivity index (χ3n) is 6.44. The minimum absolute atomic E-state index is 0.00790. The summed E-state index contributed by atoms with van der Waals surface area (Å²) in [5.74, 6) is 0.582. The molecule has 3 aliphatic rings. The van der Waals surface area contributed by atoms with Crippen molar-refractivity contribution in [2.75, 3.05) is 31.1 Å². The van der Waals surface area contributed by atoms with Gasteiger partial charge in [0.1, 0.15) is 11.8 Å². The number of pyridine rings is 1. The van der Waals surface area contributed by atoms with Gasteiger partial charge in [-0.05, 0) is 56.6 Å². The summed E-state index contributed by atoms with van der Waals surface area (Å²) in [6, 6.07) is 5.76. The highest BCUT2D eigenvalue weighted by molar-refractivity contribution is 5.85. The zero-order valence-corrected chi connectivity index (χ0v) is 16.2. The van der Waals surface area contributed by atoms with E-state index in [0.717, 1.165) is 57.3 Å². The van der Waals surface area contributed by atoms with Gasteiger partial charge in [0, 0.05) is 31.6 Å². The highest BCUT2D eigenvalue weighted by Crippen LogP contribution is 2.47. The number of hydrogen-bond donors (Lipinski definition) is 1. The lowest BCUT2D eigenvalue weighted by molar-refractivity contribution is -0.138. The second kappa shape index (κ2) is 7.78. The third-order valence-corrected chi connectivity index (χ3v) is 6.44. The van der Waals surface area contributed by atoms with Gasteiger partial charge in [-0.2, -0.15) is 5.26 Å². The van der Waals surface area contributed by atoms with Crippen molar-refractivity contribution >= 4 is 17.5 Å². The van der Waals surface area contributed by atoms with Crippen LogP contribution in [-0.2, 0) is 9.59 Å². The van der Waals surface area contributed by atoms with E-state index in [2.05, 4.69) is 15.2 Å². The molecule has 3 fully saturated rings. The van der Waals surface area contributed by atoms with Crippen molar-refractivity contribution in [2.45, 2.75) is 50.5 Å². The Morgan fingerprint density at radius 3 is 2.64 bits per heavy atom. The van der Waals surface area contributed by atoms with Gasteiger partial charge in [-0.3, -0.25) is 9.59 Å². The third kappa shape index (κ3) is 3.96. The van der Waals surface area contributed by atoms with Crippen LogP contribution in [0, 0.1) is 17.2 Å². The summed E-state index contributed by atoms with van der Waals surface area (Å²) in [6.07, 6.45) is 8.41. The standard InChI is InChI=1S/C21H27N5O2/c22-13-17-4-5-18(14-23-17)25-11-6-16(7-12-25)21(8-9-21)24-19(27)15-26-10-2-1-3-20(26)28/h4-5,14,16H,1-3,6-12,15H2,(H,24,27). The lowest BCUT2D eigenvalue weighted by atomic mass is 9.87. The molecule has 28 heavy (non-hydrogen) atoms. The minimum Gasteiger partial charge on any atom is -0.370 e. The average Bonchev–Trinajstić information content (AvgIpc) is 3.50. The molecule has 7 nitrogen and oxygen atoms in total. The summed E-state index contributed by atoms with van der Waals surface area (Å²) < 4.78 is 0. The predicted molar refractivity (Wildman–Crippen MR) is 104 cm³/mol. The normalized spacial score (nSPS) is 21.9. The van der Waals surface area contributed by atoms with Crippen molar-refractivity contribution in [3.8, 4) is 6.07 Å². The summed E-state index contributed by atoms with van der Waals surface area (Å²) in [5, 5.41) is 12.2. The van der Waals surface area contributed by atoms with Crippen LogP contribution in [0.1, 0.15) is 50.6 Å². The van der Waals surface area contributed by atoms with Crippen LogP contribution < -0.4 is 10.2 Å². The van der Waals surface area contributed by atoms with Gasteiger partial charge in [0.2, 0.25) is 11.8 Å². The van der Waals surface area contributed by atoms with Crippen molar-refractivity contribution in [1.29, 1.82) is 5.26 Å². The van der Waals surface area contributed by atoms with Gasteiger partial charge in [-0.25, -0.2) is 4.98 Å². The van der Waals surface area contributed by atoms with E-state index in [-0.39, 0.29) is 23.9 Å². The van der Waals surface area contributed by atoms with Crippen LogP contribution in [0.4, 0.5) is 5.69 Å². The van der Waals surface area contributed by atoms with E-state index in [4.69, 9.17) is 5.26 Å². The molecule has 0 bridgehead atoms. The minimum atomic E-state index is -0.0646. The van der Waals surface area contributed by atoms with Gasteiger partial charge in [-0.15, -0.1) is 0 Å². The van der Waals surface area contributed by atoms with Crippen molar-refractivity contribution in [1.82, 2.24) is 15.2 Å². The molecule has 1 aromatic rings. The molecule has 1 N–H and O–H groups in total. The topological polar surface area (TPSA) is 89.3 Å². The molecule has 2 aliphatic heterocycles. The number of hydrogen-bond acceptors (Lipinski definition) is 5. The largest absolute Gasteiger partial charge is 0.370 e. The molecule has 2 amide bonds. The van der Waals surface area contributed by atoms with Crippen LogP contribution in [0.15, 0.2) is 18.3 Å². The van der Waals surface area contributed by atoms with E-state index in [0.29, 0.717) is 24.6 Å². The van der Waals surface area contributed by atoms with E-state index in [1.54, 1.807) is 17.2 Å². The van der Waals surface area contributed by atoms with Crippen LogP contribution >= 0.6 is 0 Å². The maximum Gasteiger partial charge on any atom is 0.240 e. The van der Waals surface area contributed by atoms with Crippen molar-refractivity contribution < 1.29 is 9.59 Å². The second-order valence-corrected chi connectivity index (χ2v) is 8.25. The number of amides is 2. The molecule has 1 saturated carbocycles. The molecular weight excluding hydrogens is 354 g/mol. The molecular formula is C21H27N5O2. The summed E-state index contributed by atoms with van der Waals surface area (Å²) >= 11 is 0. The van der Waals surface area contributed by atoms with Crippen LogP contribution in [0.25, 0.3) is 0 Å². The summed E-state index contributed by atoms with van der Waals surface area (Å²) in [7, 11) is 0. The molecule has 0 radical (unpaired) electrons. The van der Waals surface area contributed by atoms with Crippen LogP contribution in [0.2, 0.25) is 0 Å². The first-order valence-corrected chi connectivity index (χ1v) is 10.3. The van der Waals surface area contributed by atoms with Gasteiger partial charge in [0.15, 0.2) is 0 Å². The number of anilines is 1. The summed E-state index contributed by atoms with van der Waals surface area (Å²) in [5.41, 5.74) is 1.42. The lowest BCUT2D eigenvalue weighted by Gasteiger charge is -2.38. The fourth-order valence-electron chi connectivity index (χ4n) is 4.62. The SMILES string of the molecule is N#Cc1ccc(N2CCC(C3(NC(=O)CN4CCCCC4=O)CC3)CC2)cn1. The number of piperidine rings is 2. The fourth-order valence-corrected chi connectivity index (χ4v) is 4.62. The first kappa shape index (κ1) is 18.7. The molecule has 4 rings (SSSR count). The van der Waals surface area contributed by atoms with Crippen LogP contribution in [-0.4, -0.2) is 53.4 Å². The Labute approximate surface area is 165 Å². The van der Waals surface area contributed by atoms with Gasteiger partial charge in [0.05, 0.1) is 18.4 Å². The molecule has 0 atom stereocenters. The zero-order valence-electron chi connectivity index (χ0n) is 16.2. The van der Waals surface area contributed by atoms with E-state index in [9.17, 15) is 9.59 Å². The highest BCUT2D eigenvalue weighted by atomic mass is 16.2. The Morgan fingerprint density at radius 1 is 1.25 bits per heavy atom. The van der Waals surface area contributed by atoms with Crippen LogP contribution in [0.3, 0.4) is 0 Å². The number of rotatable bonds is 5. The molecule has 148 valence electrons. The number of aromatic nitrogens is 1. The first-order chi connectivity index (χ1) is 13.6. The molecule has 0 unspecified atom stereocenters. The maximum absolute atomic E-state index is 12.6. The smallest absolute Gasteiger partial charge is 0.240 e. The van der Waals surface area contributed by atoms with Gasteiger partial charge in [-0.1, -0.05) is 0 Å². The number of nitriles is 1. The van der Waals surface area contributed by atoms with E-state index >= 15 is 0 Å². The Hall–Kier alpha value is -2.62. The number of nitrogens with zero attached hydrogens (tertiary/aromatic N) is 4. The van der Waals surface area contributed by atoms with E-state index < -0.39 is 0 Å². The predicted octanol–water partition coefficient (Wildman–Crippen LogP) is 1.83. The fraction of sp³-hybridized carbons (Fsp3) is 0.619. The van der Waals surface area contributed by atoms with E-state index in [1.807, 2.05) is 12.1 Å². The zero-order chi connectivity index (χ0) is 19.6. The number of likely N-dealkylation sites (tertiary alicyclic amines) is 1. The molecule has 1 aliphatic carbocycles. The number of nitrogens with one attached hydrogen (secondary N) is 1. The molecule has 7 heteroatoms. The van der Waals surface area contributed by atoms with Gasteiger partial charge < -0.3 is 15.1 Å². The second-order valence-electron chi connectivity index (χ2n) is 8.25. The Balaban J connectivity index is 1.29. The Kier molecular flexibility index (Phi) is 5.21. The molecule has 3 heterocycles. The number of carbonyl (C=O) groups excluding carboxylic acids is 2. The van der Waals surface area contributed by atoms with Crippen LogP contribution in [0.5, 0.6) is 0 Å². The Morgan fingerprint density at radius 2 is 2.04 bits per heavy atom. The highest BCUT2D eigenvalue weighted by Gasteiger charge is 2.50. The van der Waals surface area contributed by atoms with Crippen molar-refractivity contribution in [3.05, 3.63) is 24.0 Å². The number of carbonyl (C=O) groups is 2. The first-order valence-electron chi connectivity index (χ1n) is 10.3. The molecule has 1 aromatic heterocycles. The Bertz CT molecular complexity index is 773.